The van der Waals surface area contributed by atoms with E-state index in [0.29, 0.717) is 25.0 Å². The van der Waals surface area contributed by atoms with Gasteiger partial charge < -0.3 is 24.6 Å². The molecular weight excluding hydrogens is 369 g/mol. The van der Waals surface area contributed by atoms with Crippen LogP contribution in [-0.2, 0) is 30.3 Å². The lowest BCUT2D eigenvalue weighted by Crippen LogP contribution is -2.49. The van der Waals surface area contributed by atoms with Crippen molar-refractivity contribution in [2.45, 2.75) is 50.7 Å². The Morgan fingerprint density at radius 1 is 1.64 bits per heavy atom. The molecule has 2 bridgehead atoms. The van der Waals surface area contributed by atoms with Gasteiger partial charge in [-0.05, 0) is 25.2 Å². The summed E-state index contributed by atoms with van der Waals surface area (Å²) in [7, 11) is 1.29. The zero-order valence-corrected chi connectivity index (χ0v) is 16.0. The first-order chi connectivity index (χ1) is 11.7. The number of aryl methyl sites for hydroxylation is 1. The summed E-state index contributed by atoms with van der Waals surface area (Å²) in [6.07, 6.45) is 0.710. The SMILES string of the molecule is CCC12CCOC([C@H](n3cc(C)c(N)nc3=O)O1)[C@H]2OP(O)(=S)OC. The summed E-state index contributed by atoms with van der Waals surface area (Å²) in [4.78, 5) is 26.2. The predicted molar refractivity (Wildman–Crippen MR) is 93.5 cm³/mol. The zero-order chi connectivity index (χ0) is 18.4. The molecule has 0 amide bonds. The maximum Gasteiger partial charge on any atom is 0.351 e. The van der Waals surface area contributed by atoms with E-state index in [1.807, 2.05) is 6.92 Å². The van der Waals surface area contributed by atoms with Crippen LogP contribution >= 0.6 is 6.72 Å². The molecule has 140 valence electrons. The number of nitrogens with zero attached hydrogens (tertiary/aromatic N) is 2. The minimum Gasteiger partial charge on any atom is -0.383 e. The summed E-state index contributed by atoms with van der Waals surface area (Å²) in [6.45, 7) is 0.722. The normalized spacial score (nSPS) is 34.0. The number of fused-ring (bicyclic) bond motifs is 2. The van der Waals surface area contributed by atoms with Crippen molar-refractivity contribution >= 4 is 24.3 Å². The Bertz CT molecular complexity index is 773. The topological polar surface area (TPSA) is 118 Å². The van der Waals surface area contributed by atoms with Gasteiger partial charge in [0, 0.05) is 25.3 Å². The number of nitrogens with two attached hydrogens (primary N) is 1. The van der Waals surface area contributed by atoms with E-state index in [1.165, 1.54) is 11.7 Å². The van der Waals surface area contributed by atoms with E-state index < -0.39 is 36.4 Å². The third-order valence-electron chi connectivity index (χ3n) is 4.81. The minimum absolute atomic E-state index is 0.173. The molecule has 5 atom stereocenters. The summed E-state index contributed by atoms with van der Waals surface area (Å²) < 4.78 is 24.0. The lowest BCUT2D eigenvalue weighted by atomic mass is 9.87. The smallest absolute Gasteiger partial charge is 0.351 e. The minimum atomic E-state index is -3.43. The number of aromatic nitrogens is 2. The van der Waals surface area contributed by atoms with E-state index in [-0.39, 0.29) is 5.82 Å². The first-order valence-electron chi connectivity index (χ1n) is 7.94. The van der Waals surface area contributed by atoms with Crippen LogP contribution in [0.3, 0.4) is 0 Å². The van der Waals surface area contributed by atoms with Gasteiger partial charge in [0.25, 0.3) is 0 Å². The number of ether oxygens (including phenoxy) is 2. The van der Waals surface area contributed by atoms with Gasteiger partial charge in [-0.3, -0.25) is 9.09 Å². The van der Waals surface area contributed by atoms with E-state index in [4.69, 9.17) is 36.1 Å². The molecule has 0 radical (unpaired) electrons. The van der Waals surface area contributed by atoms with E-state index in [9.17, 15) is 9.69 Å². The second kappa shape index (κ2) is 6.70. The molecule has 9 nitrogen and oxygen atoms in total. The van der Waals surface area contributed by atoms with Gasteiger partial charge in [-0.2, -0.15) is 4.98 Å². The van der Waals surface area contributed by atoms with E-state index >= 15 is 0 Å². The standard InChI is InChI=1S/C14H22N3O6PS/c1-4-14-5-6-21-9(10(14)23-24(19,25)20-3)12(22-14)17-7-8(2)11(15)16-13(17)18/h7,9-10,12H,4-6H2,1-3H3,(H,19,25)(H2,15,16,18)/t9?,10-,12-,14?,24?/m1/s1. The molecule has 3 heterocycles. The second-order valence-electron chi connectivity index (χ2n) is 6.19. The number of hydrogen-bond acceptors (Lipinski definition) is 8. The van der Waals surface area contributed by atoms with Crippen LogP contribution in [0.4, 0.5) is 5.82 Å². The fraction of sp³-hybridized carbons (Fsp3) is 0.714. The Hall–Kier alpha value is -0.870. The predicted octanol–water partition coefficient (Wildman–Crippen LogP) is 0.849. The van der Waals surface area contributed by atoms with Crippen LogP contribution in [0.15, 0.2) is 11.0 Å². The van der Waals surface area contributed by atoms with E-state index in [2.05, 4.69) is 4.98 Å². The van der Waals surface area contributed by atoms with Crippen LogP contribution in [0.25, 0.3) is 0 Å². The monoisotopic (exact) mass is 391 g/mol. The van der Waals surface area contributed by atoms with Crippen molar-refractivity contribution in [1.29, 1.82) is 0 Å². The highest BCUT2D eigenvalue weighted by Gasteiger charge is 2.60. The lowest BCUT2D eigenvalue weighted by Gasteiger charge is -2.38. The van der Waals surface area contributed by atoms with E-state index in [0.717, 1.165) is 0 Å². The Balaban J connectivity index is 2.02. The van der Waals surface area contributed by atoms with Gasteiger partial charge in [-0.25, -0.2) is 4.79 Å². The van der Waals surface area contributed by atoms with Crippen LogP contribution in [0.2, 0.25) is 0 Å². The van der Waals surface area contributed by atoms with Gasteiger partial charge in [0.15, 0.2) is 6.23 Å². The van der Waals surface area contributed by atoms with Crippen molar-refractivity contribution < 1.29 is 23.4 Å². The fourth-order valence-electron chi connectivity index (χ4n) is 3.34. The summed E-state index contributed by atoms with van der Waals surface area (Å²) in [5, 5.41) is 0. The van der Waals surface area contributed by atoms with Gasteiger partial charge in [0.05, 0.1) is 6.61 Å². The Morgan fingerprint density at radius 2 is 2.36 bits per heavy atom. The molecule has 25 heavy (non-hydrogen) atoms. The fourth-order valence-corrected chi connectivity index (χ4v) is 4.31. The van der Waals surface area contributed by atoms with Gasteiger partial charge in [0.1, 0.15) is 23.6 Å². The molecule has 2 aliphatic rings. The highest BCUT2D eigenvalue weighted by Crippen LogP contribution is 2.54. The quantitative estimate of drug-likeness (QED) is 0.704. The van der Waals surface area contributed by atoms with Crippen LogP contribution in [0.1, 0.15) is 31.6 Å². The molecular formula is C14H22N3O6PS. The number of anilines is 1. The first-order valence-corrected chi connectivity index (χ1v) is 10.5. The average Bonchev–Trinajstić information content (AvgIpc) is 2.73. The summed E-state index contributed by atoms with van der Waals surface area (Å²) >= 11 is 4.99. The van der Waals surface area contributed by atoms with Crippen LogP contribution in [0, 0.1) is 6.92 Å². The zero-order valence-electron chi connectivity index (χ0n) is 14.2. The number of rotatable bonds is 5. The summed E-state index contributed by atoms with van der Waals surface area (Å²) in [6, 6.07) is 0. The molecule has 0 aromatic carbocycles. The van der Waals surface area contributed by atoms with Crippen LogP contribution in [-0.4, -0.2) is 46.0 Å². The third-order valence-corrected chi connectivity index (χ3v) is 6.47. The molecule has 2 saturated heterocycles. The molecule has 2 aliphatic heterocycles. The molecule has 3 unspecified atom stereocenters. The van der Waals surface area contributed by atoms with Crippen molar-refractivity contribution in [1.82, 2.24) is 9.55 Å². The third kappa shape index (κ3) is 3.28. The molecule has 0 spiro atoms. The molecule has 1 aromatic heterocycles. The molecule has 1 aromatic rings. The van der Waals surface area contributed by atoms with Gasteiger partial charge in [-0.1, -0.05) is 6.92 Å². The average molecular weight is 391 g/mol. The Labute approximate surface area is 150 Å². The number of hydrogen-bond donors (Lipinski definition) is 2. The maximum atomic E-state index is 12.3. The second-order valence-corrected chi connectivity index (χ2v) is 9.09. The lowest BCUT2D eigenvalue weighted by molar-refractivity contribution is -0.117. The maximum absolute atomic E-state index is 12.3. The van der Waals surface area contributed by atoms with Gasteiger partial charge in [-0.15, -0.1) is 0 Å². The van der Waals surface area contributed by atoms with Crippen molar-refractivity contribution in [3.8, 4) is 0 Å². The van der Waals surface area contributed by atoms with E-state index in [1.54, 1.807) is 13.1 Å². The first kappa shape index (κ1) is 18.9. The molecule has 2 fully saturated rings. The largest absolute Gasteiger partial charge is 0.383 e. The van der Waals surface area contributed by atoms with Crippen LogP contribution < -0.4 is 11.4 Å². The van der Waals surface area contributed by atoms with Crippen LogP contribution in [0.5, 0.6) is 0 Å². The van der Waals surface area contributed by atoms with Gasteiger partial charge in [0.2, 0.25) is 0 Å². The van der Waals surface area contributed by atoms with Crippen molar-refractivity contribution in [3.63, 3.8) is 0 Å². The van der Waals surface area contributed by atoms with Gasteiger partial charge >= 0.3 is 12.4 Å². The molecule has 11 heteroatoms. The Kier molecular flexibility index (Phi) is 5.06. The van der Waals surface area contributed by atoms with Crippen molar-refractivity contribution in [2.24, 2.45) is 0 Å². The summed E-state index contributed by atoms with van der Waals surface area (Å²) in [5.41, 5.74) is 5.08. The molecule has 3 rings (SSSR count). The molecule has 0 saturated carbocycles. The molecule has 0 aliphatic carbocycles. The van der Waals surface area contributed by atoms with Crippen molar-refractivity contribution in [3.05, 3.63) is 22.2 Å². The highest BCUT2D eigenvalue weighted by molar-refractivity contribution is 8.07. The highest BCUT2D eigenvalue weighted by atomic mass is 32.5. The van der Waals surface area contributed by atoms with Crippen molar-refractivity contribution in [2.75, 3.05) is 19.5 Å². The summed E-state index contributed by atoms with van der Waals surface area (Å²) in [5.74, 6) is 0.173. The number of nitrogen functional groups attached to an aromatic ring is 1. The molecule has 3 N–H and O–H groups in total. The Morgan fingerprint density at radius 3 is 3.00 bits per heavy atom.